The fraction of sp³-hybridized carbons (Fsp3) is 1.00. The SMILES string of the molecule is CC1CCC2(C)CC2C1. The molecule has 3 unspecified atom stereocenters. The van der Waals surface area contributed by atoms with Crippen molar-refractivity contribution in [3.63, 3.8) is 0 Å². The van der Waals surface area contributed by atoms with Crippen LogP contribution in [0.2, 0.25) is 0 Å². The molecular formula is C9H16. The van der Waals surface area contributed by atoms with Crippen molar-refractivity contribution in [2.45, 2.75) is 39.5 Å². The van der Waals surface area contributed by atoms with E-state index in [0.717, 1.165) is 17.3 Å². The van der Waals surface area contributed by atoms with E-state index >= 15 is 0 Å². The highest BCUT2D eigenvalue weighted by Crippen LogP contribution is 2.61. The van der Waals surface area contributed by atoms with E-state index < -0.39 is 0 Å². The van der Waals surface area contributed by atoms with Gasteiger partial charge in [-0.1, -0.05) is 20.3 Å². The first-order valence-corrected chi connectivity index (χ1v) is 4.21. The Morgan fingerprint density at radius 3 is 2.78 bits per heavy atom. The van der Waals surface area contributed by atoms with Gasteiger partial charge in [0.15, 0.2) is 0 Å². The number of hydrogen-bond donors (Lipinski definition) is 0. The molecule has 0 aromatic heterocycles. The zero-order valence-electron chi connectivity index (χ0n) is 6.48. The largest absolute Gasteiger partial charge is 0.0625 e. The molecule has 2 aliphatic carbocycles. The van der Waals surface area contributed by atoms with Crippen LogP contribution in [-0.4, -0.2) is 0 Å². The molecule has 0 aromatic rings. The second-order valence-electron chi connectivity index (χ2n) is 4.43. The molecule has 0 spiro atoms. The zero-order chi connectivity index (χ0) is 6.48. The average molecular weight is 124 g/mol. The smallest absolute Gasteiger partial charge is 0.0294 e. The van der Waals surface area contributed by atoms with Crippen molar-refractivity contribution in [3.8, 4) is 0 Å². The molecule has 3 atom stereocenters. The Morgan fingerprint density at radius 2 is 2.22 bits per heavy atom. The molecule has 2 saturated carbocycles. The standard InChI is InChI=1S/C9H16/c1-7-3-4-9(2)6-8(9)5-7/h7-8H,3-6H2,1-2H3. The predicted octanol–water partition coefficient (Wildman–Crippen LogP) is 2.83. The highest BCUT2D eigenvalue weighted by atomic mass is 14.6. The second kappa shape index (κ2) is 1.53. The van der Waals surface area contributed by atoms with Crippen LogP contribution in [0.1, 0.15) is 39.5 Å². The summed E-state index contributed by atoms with van der Waals surface area (Å²) >= 11 is 0. The Morgan fingerprint density at radius 1 is 1.44 bits per heavy atom. The van der Waals surface area contributed by atoms with Crippen molar-refractivity contribution >= 4 is 0 Å². The van der Waals surface area contributed by atoms with Gasteiger partial charge in [-0.2, -0.15) is 0 Å². The molecule has 0 nitrogen and oxygen atoms in total. The summed E-state index contributed by atoms with van der Waals surface area (Å²) in [5.74, 6) is 2.16. The van der Waals surface area contributed by atoms with Gasteiger partial charge < -0.3 is 0 Å². The van der Waals surface area contributed by atoms with Crippen molar-refractivity contribution in [1.29, 1.82) is 0 Å². The summed E-state index contributed by atoms with van der Waals surface area (Å²) in [7, 11) is 0. The molecule has 2 rings (SSSR count). The van der Waals surface area contributed by atoms with Crippen molar-refractivity contribution < 1.29 is 0 Å². The Labute approximate surface area is 57.6 Å². The normalized spacial score (nSPS) is 56.7. The monoisotopic (exact) mass is 124 g/mol. The van der Waals surface area contributed by atoms with Crippen LogP contribution in [-0.2, 0) is 0 Å². The molecular weight excluding hydrogens is 108 g/mol. The molecule has 9 heavy (non-hydrogen) atoms. The van der Waals surface area contributed by atoms with Crippen molar-refractivity contribution in [2.24, 2.45) is 17.3 Å². The van der Waals surface area contributed by atoms with Gasteiger partial charge in [0.05, 0.1) is 0 Å². The maximum atomic E-state index is 2.46. The van der Waals surface area contributed by atoms with E-state index in [4.69, 9.17) is 0 Å². The maximum absolute atomic E-state index is 2.46. The van der Waals surface area contributed by atoms with Gasteiger partial charge in [0.25, 0.3) is 0 Å². The van der Waals surface area contributed by atoms with Crippen LogP contribution in [0.4, 0.5) is 0 Å². The van der Waals surface area contributed by atoms with Crippen LogP contribution >= 0.6 is 0 Å². The molecule has 0 radical (unpaired) electrons. The summed E-state index contributed by atoms with van der Waals surface area (Å²) < 4.78 is 0. The summed E-state index contributed by atoms with van der Waals surface area (Å²) in [4.78, 5) is 0. The van der Waals surface area contributed by atoms with Gasteiger partial charge in [-0.05, 0) is 36.5 Å². The van der Waals surface area contributed by atoms with E-state index in [9.17, 15) is 0 Å². The lowest BCUT2D eigenvalue weighted by molar-refractivity contribution is 0.295. The Kier molecular flexibility index (Phi) is 0.980. The minimum absolute atomic E-state index is 0.826. The van der Waals surface area contributed by atoms with Gasteiger partial charge in [-0.15, -0.1) is 0 Å². The molecule has 0 N–H and O–H groups in total. The third kappa shape index (κ3) is 0.798. The molecule has 0 aliphatic heterocycles. The number of rotatable bonds is 0. The minimum atomic E-state index is 0.826. The van der Waals surface area contributed by atoms with Gasteiger partial charge in [0, 0.05) is 0 Å². The fourth-order valence-corrected chi connectivity index (χ4v) is 2.36. The van der Waals surface area contributed by atoms with E-state index in [2.05, 4.69) is 13.8 Å². The van der Waals surface area contributed by atoms with Crippen LogP contribution in [0.3, 0.4) is 0 Å². The first-order chi connectivity index (χ1) is 4.21. The summed E-state index contributed by atoms with van der Waals surface area (Å²) in [6.45, 7) is 4.86. The minimum Gasteiger partial charge on any atom is -0.0625 e. The number of fused-ring (bicyclic) bond motifs is 1. The molecule has 0 saturated heterocycles. The van der Waals surface area contributed by atoms with E-state index in [1.807, 2.05) is 0 Å². The Balaban J connectivity index is 2.01. The predicted molar refractivity (Wildman–Crippen MR) is 39.2 cm³/mol. The summed E-state index contributed by atoms with van der Waals surface area (Å²) in [5, 5.41) is 0. The molecule has 52 valence electrons. The third-order valence-electron chi connectivity index (χ3n) is 3.43. The van der Waals surface area contributed by atoms with Gasteiger partial charge in [-0.3, -0.25) is 0 Å². The highest BCUT2D eigenvalue weighted by molar-refractivity contribution is 5.01. The van der Waals surface area contributed by atoms with Crippen LogP contribution in [0.5, 0.6) is 0 Å². The molecule has 2 fully saturated rings. The molecule has 0 bridgehead atoms. The molecule has 0 aromatic carbocycles. The number of hydrogen-bond acceptors (Lipinski definition) is 0. The van der Waals surface area contributed by atoms with Gasteiger partial charge >= 0.3 is 0 Å². The Hall–Kier alpha value is 0. The lowest BCUT2D eigenvalue weighted by atomic mass is 9.84. The third-order valence-corrected chi connectivity index (χ3v) is 3.43. The quantitative estimate of drug-likeness (QED) is 0.466. The van der Waals surface area contributed by atoms with Gasteiger partial charge in [0.2, 0.25) is 0 Å². The van der Waals surface area contributed by atoms with Crippen LogP contribution in [0.25, 0.3) is 0 Å². The van der Waals surface area contributed by atoms with Gasteiger partial charge in [0.1, 0.15) is 0 Å². The maximum Gasteiger partial charge on any atom is -0.0294 e. The van der Waals surface area contributed by atoms with E-state index in [1.165, 1.54) is 25.7 Å². The summed E-state index contributed by atoms with van der Waals surface area (Å²) in [5.41, 5.74) is 0.826. The van der Waals surface area contributed by atoms with Crippen molar-refractivity contribution in [2.75, 3.05) is 0 Å². The fourth-order valence-electron chi connectivity index (χ4n) is 2.36. The summed E-state index contributed by atoms with van der Waals surface area (Å²) in [6, 6.07) is 0. The van der Waals surface area contributed by atoms with Crippen LogP contribution < -0.4 is 0 Å². The highest BCUT2D eigenvalue weighted by Gasteiger charge is 2.51. The second-order valence-corrected chi connectivity index (χ2v) is 4.43. The Bertz CT molecular complexity index is 128. The first-order valence-electron chi connectivity index (χ1n) is 4.21. The molecule has 0 amide bonds. The van der Waals surface area contributed by atoms with E-state index in [1.54, 1.807) is 0 Å². The molecule has 0 heteroatoms. The van der Waals surface area contributed by atoms with Crippen molar-refractivity contribution in [1.82, 2.24) is 0 Å². The lowest BCUT2D eigenvalue weighted by Crippen LogP contribution is -2.10. The van der Waals surface area contributed by atoms with E-state index in [0.29, 0.717) is 0 Å². The first kappa shape index (κ1) is 5.76. The zero-order valence-corrected chi connectivity index (χ0v) is 6.48. The molecule has 2 aliphatic rings. The van der Waals surface area contributed by atoms with E-state index in [-0.39, 0.29) is 0 Å². The van der Waals surface area contributed by atoms with Crippen LogP contribution in [0, 0.1) is 17.3 Å². The van der Waals surface area contributed by atoms with Gasteiger partial charge in [-0.25, -0.2) is 0 Å². The van der Waals surface area contributed by atoms with Crippen LogP contribution in [0.15, 0.2) is 0 Å². The average Bonchev–Trinajstić information content (AvgIpc) is 2.41. The summed E-state index contributed by atoms with van der Waals surface area (Å²) in [6.07, 6.45) is 6.07. The van der Waals surface area contributed by atoms with Crippen molar-refractivity contribution in [3.05, 3.63) is 0 Å². The lowest BCUT2D eigenvalue weighted by Gasteiger charge is -2.21. The topological polar surface area (TPSA) is 0 Å². The molecule has 0 heterocycles.